The quantitative estimate of drug-likeness (QED) is 0.865. The molecule has 6 heteroatoms. The van der Waals surface area contributed by atoms with Gasteiger partial charge in [0.25, 0.3) is 0 Å². The molecule has 1 saturated heterocycles. The van der Waals surface area contributed by atoms with Crippen molar-refractivity contribution in [3.63, 3.8) is 0 Å². The summed E-state index contributed by atoms with van der Waals surface area (Å²) in [6.07, 6.45) is 4.67. The lowest BCUT2D eigenvalue weighted by Gasteiger charge is -2.21. The lowest BCUT2D eigenvalue weighted by Crippen LogP contribution is -2.26. The maximum Gasteiger partial charge on any atom is 0.220 e. The van der Waals surface area contributed by atoms with Crippen LogP contribution in [0.25, 0.3) is 0 Å². The number of likely N-dealkylation sites (tertiary alicyclic amines) is 1. The van der Waals surface area contributed by atoms with Gasteiger partial charge in [-0.2, -0.15) is 0 Å². The monoisotopic (exact) mass is 356 g/mol. The van der Waals surface area contributed by atoms with Crippen molar-refractivity contribution in [2.45, 2.75) is 45.2 Å². The van der Waals surface area contributed by atoms with Crippen LogP contribution in [-0.4, -0.2) is 34.4 Å². The summed E-state index contributed by atoms with van der Waals surface area (Å²) >= 11 is 0. The van der Waals surface area contributed by atoms with Crippen LogP contribution >= 0.6 is 0 Å². The number of aryl methyl sites for hydroxylation is 2. The van der Waals surface area contributed by atoms with Gasteiger partial charge in [-0.3, -0.25) is 9.69 Å². The highest BCUT2D eigenvalue weighted by molar-refractivity contribution is 5.76. The summed E-state index contributed by atoms with van der Waals surface area (Å²) in [5.41, 5.74) is 2.52. The highest BCUT2D eigenvalue weighted by atomic mass is 19.1. The van der Waals surface area contributed by atoms with Crippen LogP contribution in [-0.2, 0) is 17.8 Å². The predicted molar refractivity (Wildman–Crippen MR) is 97.9 cm³/mol. The number of halogens is 1. The van der Waals surface area contributed by atoms with E-state index < -0.39 is 0 Å². The topological polar surface area (TPSA) is 58.1 Å². The van der Waals surface area contributed by atoms with Crippen molar-refractivity contribution in [3.8, 4) is 0 Å². The minimum Gasteiger partial charge on any atom is -0.352 e. The number of amides is 1. The van der Waals surface area contributed by atoms with Gasteiger partial charge in [0, 0.05) is 24.7 Å². The Balaban J connectivity index is 1.60. The third-order valence-corrected chi connectivity index (χ3v) is 4.91. The number of hydrogen-bond donors (Lipinski definition) is 1. The van der Waals surface area contributed by atoms with Crippen LogP contribution in [0.4, 0.5) is 4.39 Å². The van der Waals surface area contributed by atoms with Crippen LogP contribution in [0, 0.1) is 12.7 Å². The molecular weight excluding hydrogens is 331 g/mol. The molecule has 3 rings (SSSR count). The minimum atomic E-state index is -0.265. The summed E-state index contributed by atoms with van der Waals surface area (Å²) in [6.45, 7) is 3.34. The fourth-order valence-corrected chi connectivity index (χ4v) is 3.42. The number of rotatable bonds is 6. The van der Waals surface area contributed by atoms with Gasteiger partial charge < -0.3 is 5.32 Å². The SMILES string of the molecule is Cc1ncc(CNC(=O)CCc2ccccc2F)c([C@H]2CCCN2C)n1. The van der Waals surface area contributed by atoms with E-state index in [1.54, 1.807) is 24.4 Å². The van der Waals surface area contributed by atoms with Crippen LogP contribution in [0.1, 0.15) is 47.9 Å². The van der Waals surface area contributed by atoms with Crippen LogP contribution in [0.2, 0.25) is 0 Å². The number of hydrogen-bond acceptors (Lipinski definition) is 4. The van der Waals surface area contributed by atoms with Gasteiger partial charge in [-0.1, -0.05) is 18.2 Å². The summed E-state index contributed by atoms with van der Waals surface area (Å²) < 4.78 is 13.6. The maximum atomic E-state index is 13.6. The molecule has 138 valence electrons. The van der Waals surface area contributed by atoms with E-state index in [4.69, 9.17) is 0 Å². The predicted octanol–water partition coefficient (Wildman–Crippen LogP) is 2.94. The van der Waals surface area contributed by atoms with Crippen LogP contribution < -0.4 is 5.32 Å². The molecule has 0 bridgehead atoms. The number of carbonyl (C=O) groups is 1. The first kappa shape index (κ1) is 18.5. The molecule has 0 spiro atoms. The first-order valence-corrected chi connectivity index (χ1v) is 9.07. The van der Waals surface area contributed by atoms with Gasteiger partial charge in [-0.15, -0.1) is 0 Å². The smallest absolute Gasteiger partial charge is 0.220 e. The van der Waals surface area contributed by atoms with Crippen LogP contribution in [0.5, 0.6) is 0 Å². The van der Waals surface area contributed by atoms with Gasteiger partial charge in [0.2, 0.25) is 5.91 Å². The zero-order valence-electron chi connectivity index (χ0n) is 15.3. The molecule has 1 aliphatic rings. The zero-order valence-corrected chi connectivity index (χ0v) is 15.3. The lowest BCUT2D eigenvalue weighted by molar-refractivity contribution is -0.121. The summed E-state index contributed by atoms with van der Waals surface area (Å²) in [4.78, 5) is 23.4. The molecule has 1 amide bonds. The molecule has 1 aromatic heterocycles. The van der Waals surface area contributed by atoms with E-state index in [1.807, 2.05) is 6.92 Å². The molecule has 2 aromatic rings. The second-order valence-electron chi connectivity index (χ2n) is 6.83. The van der Waals surface area contributed by atoms with E-state index in [0.717, 1.165) is 36.5 Å². The molecule has 1 fully saturated rings. The van der Waals surface area contributed by atoms with Crippen LogP contribution in [0.15, 0.2) is 30.5 Å². The van der Waals surface area contributed by atoms with Crippen LogP contribution in [0.3, 0.4) is 0 Å². The molecule has 26 heavy (non-hydrogen) atoms. The molecule has 1 N–H and O–H groups in total. The largest absolute Gasteiger partial charge is 0.352 e. The Morgan fingerprint density at radius 3 is 2.88 bits per heavy atom. The third-order valence-electron chi connectivity index (χ3n) is 4.91. The Kier molecular flexibility index (Phi) is 5.93. The number of aromatic nitrogens is 2. The van der Waals surface area contributed by atoms with E-state index in [0.29, 0.717) is 18.5 Å². The first-order chi connectivity index (χ1) is 12.5. The first-order valence-electron chi connectivity index (χ1n) is 9.07. The average molecular weight is 356 g/mol. The Labute approximate surface area is 153 Å². The fourth-order valence-electron chi connectivity index (χ4n) is 3.42. The third kappa shape index (κ3) is 4.43. The Bertz CT molecular complexity index is 780. The molecule has 0 unspecified atom stereocenters. The summed E-state index contributed by atoms with van der Waals surface area (Å²) in [7, 11) is 2.10. The molecule has 5 nitrogen and oxygen atoms in total. The Morgan fingerprint density at radius 1 is 1.35 bits per heavy atom. The van der Waals surface area contributed by atoms with Gasteiger partial charge in [-0.25, -0.2) is 14.4 Å². The number of benzene rings is 1. The van der Waals surface area contributed by atoms with Crippen molar-refractivity contribution in [3.05, 3.63) is 58.9 Å². The molecule has 2 heterocycles. The maximum absolute atomic E-state index is 13.6. The summed E-state index contributed by atoms with van der Waals surface area (Å²) in [6, 6.07) is 6.84. The summed E-state index contributed by atoms with van der Waals surface area (Å²) in [5, 5.41) is 2.93. The van der Waals surface area contributed by atoms with Gasteiger partial charge in [0.1, 0.15) is 11.6 Å². The highest BCUT2D eigenvalue weighted by Gasteiger charge is 2.26. The highest BCUT2D eigenvalue weighted by Crippen LogP contribution is 2.31. The number of nitrogens with zero attached hydrogens (tertiary/aromatic N) is 3. The van der Waals surface area contributed by atoms with E-state index in [-0.39, 0.29) is 24.2 Å². The van der Waals surface area contributed by atoms with Gasteiger partial charge >= 0.3 is 0 Å². The molecule has 1 aromatic carbocycles. The van der Waals surface area contributed by atoms with Gasteiger partial charge in [-0.05, 0) is 51.4 Å². The molecule has 1 aliphatic heterocycles. The number of carbonyl (C=O) groups excluding carboxylic acids is 1. The minimum absolute atomic E-state index is 0.0976. The Hall–Kier alpha value is -2.34. The Morgan fingerprint density at radius 2 is 2.15 bits per heavy atom. The second-order valence-corrected chi connectivity index (χ2v) is 6.83. The molecule has 0 saturated carbocycles. The fraction of sp³-hybridized carbons (Fsp3) is 0.450. The van der Waals surface area contributed by atoms with Gasteiger partial charge in [0.15, 0.2) is 0 Å². The van der Waals surface area contributed by atoms with E-state index in [9.17, 15) is 9.18 Å². The van der Waals surface area contributed by atoms with Crippen molar-refractivity contribution in [2.24, 2.45) is 0 Å². The van der Waals surface area contributed by atoms with Crippen molar-refractivity contribution >= 4 is 5.91 Å². The van der Waals surface area contributed by atoms with Crippen molar-refractivity contribution in [1.82, 2.24) is 20.2 Å². The normalized spacial score (nSPS) is 17.4. The lowest BCUT2D eigenvalue weighted by atomic mass is 10.1. The second kappa shape index (κ2) is 8.36. The van der Waals surface area contributed by atoms with E-state index >= 15 is 0 Å². The molecule has 0 radical (unpaired) electrons. The standard InChI is InChI=1S/C20H25FN4O/c1-14-22-12-16(20(24-14)18-8-5-11-25(18)2)13-23-19(26)10-9-15-6-3-4-7-17(15)21/h3-4,6-7,12,18H,5,8-11,13H2,1-2H3,(H,23,26)/t18-/m1/s1. The number of nitrogens with one attached hydrogen (secondary N) is 1. The molecule has 1 atom stereocenters. The van der Waals surface area contributed by atoms with Crippen molar-refractivity contribution < 1.29 is 9.18 Å². The van der Waals surface area contributed by atoms with Crippen molar-refractivity contribution in [1.29, 1.82) is 0 Å². The molecule has 0 aliphatic carbocycles. The van der Waals surface area contributed by atoms with Gasteiger partial charge in [0.05, 0.1) is 11.7 Å². The molecular formula is C20H25FN4O. The van der Waals surface area contributed by atoms with E-state index in [2.05, 4.69) is 27.2 Å². The average Bonchev–Trinajstić information content (AvgIpc) is 3.05. The van der Waals surface area contributed by atoms with Crippen molar-refractivity contribution in [2.75, 3.05) is 13.6 Å². The zero-order chi connectivity index (χ0) is 18.5. The van der Waals surface area contributed by atoms with E-state index in [1.165, 1.54) is 6.07 Å². The summed E-state index contributed by atoms with van der Waals surface area (Å²) in [5.74, 6) is 0.383.